The van der Waals surface area contributed by atoms with E-state index in [2.05, 4.69) is 5.32 Å². The van der Waals surface area contributed by atoms with Gasteiger partial charge < -0.3 is 24.6 Å². The lowest BCUT2D eigenvalue weighted by Crippen LogP contribution is -2.32. The van der Waals surface area contributed by atoms with Gasteiger partial charge in [-0.25, -0.2) is 0 Å². The maximum Gasteiger partial charge on any atom is 0.253 e. The van der Waals surface area contributed by atoms with Gasteiger partial charge in [-0.3, -0.25) is 14.4 Å². The number of fused-ring (bicyclic) bond motifs is 1. The highest BCUT2D eigenvalue weighted by atomic mass is 16.7. The second kappa shape index (κ2) is 8.53. The molecule has 1 unspecified atom stereocenters. The van der Waals surface area contributed by atoms with Gasteiger partial charge in [-0.1, -0.05) is 12.1 Å². The highest BCUT2D eigenvalue weighted by Gasteiger charge is 2.35. The molecule has 3 amide bonds. The number of ether oxygens (including phenoxy) is 2. The number of nitrogens with one attached hydrogen (secondary N) is 1. The van der Waals surface area contributed by atoms with Gasteiger partial charge in [-0.15, -0.1) is 0 Å². The predicted octanol–water partition coefficient (Wildman–Crippen LogP) is 2.32. The van der Waals surface area contributed by atoms with Crippen molar-refractivity contribution in [1.82, 2.24) is 10.2 Å². The number of carbonyl (C=O) groups excluding carboxylic acids is 3. The number of hydrogen-bond acceptors (Lipinski definition) is 5. The predicted molar refractivity (Wildman–Crippen MR) is 116 cm³/mol. The summed E-state index contributed by atoms with van der Waals surface area (Å²) in [6, 6.07) is 12.7. The summed E-state index contributed by atoms with van der Waals surface area (Å²) < 4.78 is 10.7. The summed E-state index contributed by atoms with van der Waals surface area (Å²) in [5.41, 5.74) is 2.28. The third kappa shape index (κ3) is 4.00. The Morgan fingerprint density at radius 1 is 1.00 bits per heavy atom. The van der Waals surface area contributed by atoms with Crippen molar-refractivity contribution in [2.45, 2.75) is 25.8 Å². The molecule has 3 aliphatic rings. The van der Waals surface area contributed by atoms with E-state index in [0.717, 1.165) is 31.5 Å². The Labute approximate surface area is 186 Å². The summed E-state index contributed by atoms with van der Waals surface area (Å²) in [6.45, 7) is 2.49. The molecular formula is C24H25N3O5. The van der Waals surface area contributed by atoms with Gasteiger partial charge in [0.05, 0.1) is 5.92 Å². The van der Waals surface area contributed by atoms with E-state index in [0.29, 0.717) is 35.8 Å². The number of nitrogens with zero attached hydrogens (tertiary/aromatic N) is 2. The molecule has 5 rings (SSSR count). The number of benzene rings is 2. The fourth-order valence-corrected chi connectivity index (χ4v) is 4.39. The van der Waals surface area contributed by atoms with Crippen LogP contribution in [0.5, 0.6) is 11.5 Å². The van der Waals surface area contributed by atoms with Crippen molar-refractivity contribution >= 4 is 23.4 Å². The Bertz CT molecular complexity index is 1050. The van der Waals surface area contributed by atoms with Gasteiger partial charge >= 0.3 is 0 Å². The molecule has 2 saturated heterocycles. The lowest BCUT2D eigenvalue weighted by molar-refractivity contribution is -0.126. The molecule has 2 aromatic rings. The third-order valence-electron chi connectivity index (χ3n) is 6.22. The van der Waals surface area contributed by atoms with Crippen LogP contribution in [-0.4, -0.2) is 49.0 Å². The number of carbonyl (C=O) groups is 3. The van der Waals surface area contributed by atoms with Crippen LogP contribution in [0, 0.1) is 5.92 Å². The minimum absolute atomic E-state index is 0.0613. The van der Waals surface area contributed by atoms with Crippen molar-refractivity contribution in [2.75, 3.05) is 31.3 Å². The van der Waals surface area contributed by atoms with E-state index in [9.17, 15) is 14.4 Å². The standard InChI is InChI=1S/C24H25N3O5/c28-22-11-18(14-27(22)19-7-8-20-21(12-19)32-15-31-20)23(29)25-13-16-3-5-17(6-4-16)24(30)26-9-1-2-10-26/h3-8,12,18H,1-2,9-11,13-15H2,(H,25,29). The van der Waals surface area contributed by atoms with Crippen LogP contribution in [-0.2, 0) is 16.1 Å². The van der Waals surface area contributed by atoms with Crippen LogP contribution >= 0.6 is 0 Å². The molecule has 8 heteroatoms. The molecule has 8 nitrogen and oxygen atoms in total. The molecule has 0 saturated carbocycles. The summed E-state index contributed by atoms with van der Waals surface area (Å²) in [5.74, 6) is 0.667. The first-order valence-corrected chi connectivity index (χ1v) is 10.9. The molecule has 0 aromatic heterocycles. The minimum Gasteiger partial charge on any atom is -0.454 e. The lowest BCUT2D eigenvalue weighted by atomic mass is 10.1. The van der Waals surface area contributed by atoms with E-state index in [4.69, 9.17) is 9.47 Å². The molecule has 32 heavy (non-hydrogen) atoms. The van der Waals surface area contributed by atoms with E-state index in [1.807, 2.05) is 29.2 Å². The Balaban J connectivity index is 1.16. The highest BCUT2D eigenvalue weighted by Crippen LogP contribution is 2.37. The molecule has 2 aromatic carbocycles. The number of hydrogen-bond donors (Lipinski definition) is 1. The largest absolute Gasteiger partial charge is 0.454 e. The first-order chi connectivity index (χ1) is 15.6. The van der Waals surface area contributed by atoms with E-state index in [1.165, 1.54) is 0 Å². The first-order valence-electron chi connectivity index (χ1n) is 10.9. The van der Waals surface area contributed by atoms with Gasteiger partial charge in [0.15, 0.2) is 11.5 Å². The maximum atomic E-state index is 12.7. The van der Waals surface area contributed by atoms with E-state index in [-0.39, 0.29) is 30.9 Å². The monoisotopic (exact) mass is 435 g/mol. The van der Waals surface area contributed by atoms with Gasteiger partial charge in [0.25, 0.3) is 5.91 Å². The van der Waals surface area contributed by atoms with Crippen LogP contribution in [0.15, 0.2) is 42.5 Å². The van der Waals surface area contributed by atoms with Crippen molar-refractivity contribution in [3.05, 3.63) is 53.6 Å². The first kappa shape index (κ1) is 20.4. The molecule has 3 aliphatic heterocycles. The molecule has 0 radical (unpaired) electrons. The summed E-state index contributed by atoms with van der Waals surface area (Å²) in [5, 5.41) is 2.92. The fourth-order valence-electron chi connectivity index (χ4n) is 4.39. The number of likely N-dealkylation sites (tertiary alicyclic amines) is 1. The van der Waals surface area contributed by atoms with Crippen molar-refractivity contribution in [3.8, 4) is 11.5 Å². The fraction of sp³-hybridized carbons (Fsp3) is 0.375. The zero-order chi connectivity index (χ0) is 22.1. The third-order valence-corrected chi connectivity index (χ3v) is 6.22. The average Bonchev–Trinajstić information content (AvgIpc) is 3.57. The van der Waals surface area contributed by atoms with Crippen LogP contribution in [0.25, 0.3) is 0 Å². The van der Waals surface area contributed by atoms with Gasteiger partial charge in [0, 0.05) is 49.9 Å². The Kier molecular flexibility index (Phi) is 5.43. The van der Waals surface area contributed by atoms with Gasteiger partial charge in [-0.2, -0.15) is 0 Å². The normalized spacial score (nSPS) is 19.5. The van der Waals surface area contributed by atoms with Crippen LogP contribution in [0.2, 0.25) is 0 Å². The van der Waals surface area contributed by atoms with Crippen LogP contribution in [0.1, 0.15) is 35.2 Å². The molecule has 3 heterocycles. The maximum absolute atomic E-state index is 12.7. The van der Waals surface area contributed by atoms with Crippen molar-refractivity contribution < 1.29 is 23.9 Å². The zero-order valence-electron chi connectivity index (χ0n) is 17.7. The molecule has 1 N–H and O–H groups in total. The number of amides is 3. The van der Waals surface area contributed by atoms with E-state index >= 15 is 0 Å². The second-order valence-electron chi connectivity index (χ2n) is 8.36. The van der Waals surface area contributed by atoms with Gasteiger partial charge in [0.1, 0.15) is 0 Å². The van der Waals surface area contributed by atoms with Crippen molar-refractivity contribution in [2.24, 2.45) is 5.92 Å². The number of rotatable bonds is 5. The highest BCUT2D eigenvalue weighted by molar-refractivity contribution is 6.00. The molecule has 0 spiro atoms. The minimum atomic E-state index is -0.413. The second-order valence-corrected chi connectivity index (χ2v) is 8.36. The average molecular weight is 435 g/mol. The quantitative estimate of drug-likeness (QED) is 0.779. The van der Waals surface area contributed by atoms with E-state index < -0.39 is 5.92 Å². The topological polar surface area (TPSA) is 88.2 Å². The van der Waals surface area contributed by atoms with Gasteiger partial charge in [0.2, 0.25) is 18.6 Å². The van der Waals surface area contributed by atoms with Crippen LogP contribution in [0.4, 0.5) is 5.69 Å². The van der Waals surface area contributed by atoms with E-state index in [1.54, 1.807) is 23.1 Å². The molecule has 1 atom stereocenters. The van der Waals surface area contributed by atoms with Crippen LogP contribution in [0.3, 0.4) is 0 Å². The smallest absolute Gasteiger partial charge is 0.253 e. The summed E-state index contributed by atoms with van der Waals surface area (Å²) in [6.07, 6.45) is 2.29. The SMILES string of the molecule is O=C(NCc1ccc(C(=O)N2CCCC2)cc1)C1CC(=O)N(c2ccc3c(c2)OCO3)C1. The van der Waals surface area contributed by atoms with Crippen LogP contribution < -0.4 is 19.7 Å². The Morgan fingerprint density at radius 3 is 2.53 bits per heavy atom. The summed E-state index contributed by atoms with van der Waals surface area (Å²) in [4.78, 5) is 41.1. The number of anilines is 1. The summed E-state index contributed by atoms with van der Waals surface area (Å²) >= 11 is 0. The Morgan fingerprint density at radius 2 is 1.75 bits per heavy atom. The van der Waals surface area contributed by atoms with Crippen molar-refractivity contribution in [1.29, 1.82) is 0 Å². The summed E-state index contributed by atoms with van der Waals surface area (Å²) in [7, 11) is 0. The molecule has 2 fully saturated rings. The van der Waals surface area contributed by atoms with Gasteiger partial charge in [-0.05, 0) is 42.7 Å². The molecule has 0 aliphatic carbocycles. The molecule has 0 bridgehead atoms. The zero-order valence-corrected chi connectivity index (χ0v) is 17.7. The Hall–Kier alpha value is -3.55. The molecule has 166 valence electrons. The lowest BCUT2D eigenvalue weighted by Gasteiger charge is -2.17. The van der Waals surface area contributed by atoms with Crippen molar-refractivity contribution in [3.63, 3.8) is 0 Å². The molecular weight excluding hydrogens is 410 g/mol.